The van der Waals surface area contributed by atoms with Crippen molar-refractivity contribution < 1.29 is 0 Å². The molecule has 2 aliphatic rings. The van der Waals surface area contributed by atoms with Gasteiger partial charge in [-0.15, -0.1) is 0 Å². The molecule has 1 heteroatoms. The molecular weight excluding hydrogens is 158 g/mol. The molecule has 1 aromatic rings. The van der Waals surface area contributed by atoms with Crippen LogP contribution in [-0.2, 0) is 0 Å². The van der Waals surface area contributed by atoms with Crippen molar-refractivity contribution in [1.29, 1.82) is 0 Å². The van der Waals surface area contributed by atoms with E-state index in [1.807, 2.05) is 0 Å². The minimum atomic E-state index is 0.643. The molecule has 2 atom stereocenters. The lowest BCUT2D eigenvalue weighted by atomic mass is 9.93. The predicted octanol–water partition coefficient (Wildman–Crippen LogP) is 2.80. The Bertz CT molecular complexity index is 297. The Morgan fingerprint density at radius 1 is 1.08 bits per heavy atom. The Balaban J connectivity index is 2.09. The second-order valence-electron chi connectivity index (χ2n) is 4.48. The third kappa shape index (κ3) is 1.03. The van der Waals surface area contributed by atoms with Gasteiger partial charge >= 0.3 is 0 Å². The number of hydrogen-bond donors (Lipinski definition) is 1. The monoisotopic (exact) mass is 173 g/mol. The molecule has 0 aliphatic carbocycles. The third-order valence-electron chi connectivity index (χ3n) is 3.43. The molecule has 1 N–H and O–H groups in total. The number of hydrogen-bond acceptors (Lipinski definition) is 1. The highest BCUT2D eigenvalue weighted by atomic mass is 15.0. The summed E-state index contributed by atoms with van der Waals surface area (Å²) in [5.41, 5.74) is 3.11. The normalized spacial score (nSPS) is 35.9. The first-order chi connectivity index (χ1) is 6.34. The standard InChI is InChI=1S/C12H15N/c1-8-6-11-9-4-2-3-5-10(9)12(7-8)13-11/h2-5,8,11-13H,6-7H2,1H3. The lowest BCUT2D eigenvalue weighted by Crippen LogP contribution is -2.26. The first-order valence-electron chi connectivity index (χ1n) is 5.19. The first kappa shape index (κ1) is 7.57. The van der Waals surface area contributed by atoms with Gasteiger partial charge in [0.1, 0.15) is 0 Å². The SMILES string of the molecule is CC1CC2NC(C1)c1ccccc12. The maximum absolute atomic E-state index is 3.69. The van der Waals surface area contributed by atoms with Gasteiger partial charge in [-0.2, -0.15) is 0 Å². The molecule has 3 rings (SSSR count). The molecule has 2 aliphatic heterocycles. The van der Waals surface area contributed by atoms with E-state index in [0.29, 0.717) is 12.1 Å². The summed E-state index contributed by atoms with van der Waals surface area (Å²) in [5.74, 6) is 0.878. The number of benzene rings is 1. The highest BCUT2D eigenvalue weighted by molar-refractivity contribution is 5.38. The van der Waals surface area contributed by atoms with Crippen molar-refractivity contribution in [1.82, 2.24) is 5.32 Å². The Labute approximate surface area is 79.2 Å². The van der Waals surface area contributed by atoms with Crippen LogP contribution in [0.2, 0.25) is 0 Å². The first-order valence-corrected chi connectivity index (χ1v) is 5.19. The summed E-state index contributed by atoms with van der Waals surface area (Å²) >= 11 is 0. The second-order valence-corrected chi connectivity index (χ2v) is 4.48. The summed E-state index contributed by atoms with van der Waals surface area (Å²) in [4.78, 5) is 0. The average molecular weight is 173 g/mol. The molecular formula is C12H15N. The number of piperidine rings is 1. The summed E-state index contributed by atoms with van der Waals surface area (Å²) in [6.45, 7) is 2.37. The second kappa shape index (κ2) is 2.58. The molecule has 1 aromatic carbocycles. The summed E-state index contributed by atoms with van der Waals surface area (Å²) in [6.07, 6.45) is 2.63. The molecule has 2 unspecified atom stereocenters. The fourth-order valence-corrected chi connectivity index (χ4v) is 2.86. The van der Waals surface area contributed by atoms with E-state index in [1.165, 1.54) is 12.8 Å². The van der Waals surface area contributed by atoms with Crippen LogP contribution in [0.15, 0.2) is 24.3 Å². The van der Waals surface area contributed by atoms with Crippen molar-refractivity contribution in [3.8, 4) is 0 Å². The van der Waals surface area contributed by atoms with Gasteiger partial charge < -0.3 is 5.32 Å². The van der Waals surface area contributed by atoms with Crippen LogP contribution in [0.5, 0.6) is 0 Å². The lowest BCUT2D eigenvalue weighted by molar-refractivity contribution is 0.290. The van der Waals surface area contributed by atoms with E-state index in [0.717, 1.165) is 5.92 Å². The molecule has 0 saturated carbocycles. The molecule has 0 aromatic heterocycles. The quantitative estimate of drug-likeness (QED) is 0.636. The van der Waals surface area contributed by atoms with Crippen molar-refractivity contribution >= 4 is 0 Å². The van der Waals surface area contributed by atoms with Gasteiger partial charge in [-0.25, -0.2) is 0 Å². The van der Waals surface area contributed by atoms with E-state index >= 15 is 0 Å². The highest BCUT2D eigenvalue weighted by Gasteiger charge is 2.35. The van der Waals surface area contributed by atoms with Gasteiger partial charge in [0, 0.05) is 12.1 Å². The van der Waals surface area contributed by atoms with Crippen LogP contribution in [0.3, 0.4) is 0 Å². The average Bonchev–Trinajstić information content (AvgIpc) is 2.41. The van der Waals surface area contributed by atoms with Crippen LogP contribution in [0.25, 0.3) is 0 Å². The van der Waals surface area contributed by atoms with E-state index < -0.39 is 0 Å². The third-order valence-corrected chi connectivity index (χ3v) is 3.43. The van der Waals surface area contributed by atoms with Gasteiger partial charge in [0.05, 0.1) is 0 Å². The molecule has 1 fully saturated rings. The molecule has 1 saturated heterocycles. The van der Waals surface area contributed by atoms with Crippen LogP contribution in [0.1, 0.15) is 43.0 Å². The Morgan fingerprint density at radius 3 is 2.15 bits per heavy atom. The van der Waals surface area contributed by atoms with Gasteiger partial charge in [-0.1, -0.05) is 31.2 Å². The van der Waals surface area contributed by atoms with Gasteiger partial charge in [-0.05, 0) is 29.9 Å². The van der Waals surface area contributed by atoms with Crippen LogP contribution in [-0.4, -0.2) is 0 Å². The molecule has 1 nitrogen and oxygen atoms in total. The van der Waals surface area contributed by atoms with Crippen LogP contribution in [0.4, 0.5) is 0 Å². The van der Waals surface area contributed by atoms with Gasteiger partial charge in [-0.3, -0.25) is 0 Å². The molecule has 0 radical (unpaired) electrons. The van der Waals surface area contributed by atoms with Gasteiger partial charge in [0.15, 0.2) is 0 Å². The minimum absolute atomic E-state index is 0.643. The molecule has 13 heavy (non-hydrogen) atoms. The number of rotatable bonds is 0. The highest BCUT2D eigenvalue weighted by Crippen LogP contribution is 2.44. The fourth-order valence-electron chi connectivity index (χ4n) is 2.86. The van der Waals surface area contributed by atoms with Crippen LogP contribution >= 0.6 is 0 Å². The van der Waals surface area contributed by atoms with Crippen molar-refractivity contribution in [2.24, 2.45) is 5.92 Å². The van der Waals surface area contributed by atoms with Gasteiger partial charge in [0.25, 0.3) is 0 Å². The van der Waals surface area contributed by atoms with E-state index in [1.54, 1.807) is 11.1 Å². The minimum Gasteiger partial charge on any atom is -0.303 e. The Morgan fingerprint density at radius 2 is 1.62 bits per heavy atom. The summed E-state index contributed by atoms with van der Waals surface area (Å²) in [6, 6.07) is 10.2. The molecule has 68 valence electrons. The van der Waals surface area contributed by atoms with E-state index in [4.69, 9.17) is 0 Å². The summed E-state index contributed by atoms with van der Waals surface area (Å²) < 4.78 is 0. The Hall–Kier alpha value is -0.820. The zero-order chi connectivity index (χ0) is 8.84. The van der Waals surface area contributed by atoms with Gasteiger partial charge in [0.2, 0.25) is 0 Å². The molecule has 0 spiro atoms. The fraction of sp³-hybridized carbons (Fsp3) is 0.500. The van der Waals surface area contributed by atoms with E-state index in [-0.39, 0.29) is 0 Å². The summed E-state index contributed by atoms with van der Waals surface area (Å²) in [5, 5.41) is 3.69. The van der Waals surface area contributed by atoms with E-state index in [9.17, 15) is 0 Å². The largest absolute Gasteiger partial charge is 0.303 e. The van der Waals surface area contributed by atoms with Crippen molar-refractivity contribution in [2.75, 3.05) is 0 Å². The molecule has 0 amide bonds. The molecule has 2 bridgehead atoms. The summed E-state index contributed by atoms with van der Waals surface area (Å²) in [7, 11) is 0. The maximum atomic E-state index is 3.69. The predicted molar refractivity (Wildman–Crippen MR) is 53.5 cm³/mol. The maximum Gasteiger partial charge on any atom is 0.0331 e. The number of nitrogens with one attached hydrogen (secondary N) is 1. The Kier molecular flexibility index (Phi) is 1.50. The number of fused-ring (bicyclic) bond motifs is 5. The van der Waals surface area contributed by atoms with Crippen LogP contribution in [0, 0.1) is 5.92 Å². The smallest absolute Gasteiger partial charge is 0.0331 e. The zero-order valence-electron chi connectivity index (χ0n) is 7.96. The van der Waals surface area contributed by atoms with Crippen molar-refractivity contribution in [3.05, 3.63) is 35.4 Å². The lowest BCUT2D eigenvalue weighted by Gasteiger charge is -2.26. The zero-order valence-corrected chi connectivity index (χ0v) is 7.96. The topological polar surface area (TPSA) is 12.0 Å². The van der Waals surface area contributed by atoms with Crippen molar-refractivity contribution in [2.45, 2.75) is 31.8 Å². The van der Waals surface area contributed by atoms with Crippen LogP contribution < -0.4 is 5.32 Å². The molecule has 2 heterocycles. The van der Waals surface area contributed by atoms with E-state index in [2.05, 4.69) is 36.5 Å². The van der Waals surface area contributed by atoms with Crippen molar-refractivity contribution in [3.63, 3.8) is 0 Å².